The van der Waals surface area contributed by atoms with Crippen molar-refractivity contribution in [1.82, 2.24) is 25.3 Å². The number of hydrogen-bond acceptors (Lipinski definition) is 9. The maximum atomic E-state index is 11.6. The van der Waals surface area contributed by atoms with Crippen LogP contribution in [-0.2, 0) is 9.84 Å². The molecule has 0 amide bonds. The van der Waals surface area contributed by atoms with E-state index in [1.54, 1.807) is 24.3 Å². The third-order valence-corrected chi connectivity index (χ3v) is 5.73. The van der Waals surface area contributed by atoms with E-state index in [-0.39, 0.29) is 10.8 Å². The van der Waals surface area contributed by atoms with Crippen molar-refractivity contribution in [2.45, 2.75) is 23.7 Å². The van der Waals surface area contributed by atoms with Gasteiger partial charge in [0, 0.05) is 30.8 Å². The molecule has 0 radical (unpaired) electrons. The molecule has 10 nitrogen and oxygen atoms in total. The number of benzene rings is 1. The Morgan fingerprint density at radius 2 is 1.89 bits per heavy atom. The van der Waals surface area contributed by atoms with Crippen LogP contribution in [0, 0.1) is 0 Å². The zero-order valence-corrected chi connectivity index (χ0v) is 15.5. The Bertz CT molecular complexity index is 1030. The Kier molecular flexibility index (Phi) is 4.30. The number of nitrogens with two attached hydrogens (primary N) is 1. The van der Waals surface area contributed by atoms with Crippen LogP contribution in [0.5, 0.6) is 0 Å². The van der Waals surface area contributed by atoms with Crippen molar-refractivity contribution < 1.29 is 12.9 Å². The number of aromatic nitrogens is 5. The fourth-order valence-electron chi connectivity index (χ4n) is 3.10. The van der Waals surface area contributed by atoms with E-state index in [9.17, 15) is 8.42 Å². The molecule has 2 aromatic heterocycles. The Morgan fingerprint density at radius 3 is 2.48 bits per heavy atom. The molecule has 1 fully saturated rings. The van der Waals surface area contributed by atoms with Crippen molar-refractivity contribution in [3.63, 3.8) is 0 Å². The number of rotatable bonds is 4. The fourth-order valence-corrected chi connectivity index (χ4v) is 3.73. The third kappa shape index (κ3) is 3.63. The Hall–Kier alpha value is -2.95. The summed E-state index contributed by atoms with van der Waals surface area (Å²) >= 11 is 0. The SMILES string of the molecule is CS(=O)(=O)c1ccc(-c2noc(C3CCN(c4n[nH]c(N)n4)CC3)n2)cc1. The number of nitrogens with one attached hydrogen (secondary N) is 1. The van der Waals surface area contributed by atoms with E-state index in [1.165, 1.54) is 6.26 Å². The zero-order chi connectivity index (χ0) is 19.0. The van der Waals surface area contributed by atoms with Crippen LogP contribution in [-0.4, -0.2) is 53.1 Å². The maximum Gasteiger partial charge on any atom is 0.246 e. The molecule has 0 atom stereocenters. The van der Waals surface area contributed by atoms with Gasteiger partial charge in [-0.15, -0.1) is 5.10 Å². The Balaban J connectivity index is 1.44. The summed E-state index contributed by atoms with van der Waals surface area (Å²) in [5.74, 6) is 2.10. The molecule has 4 rings (SSSR count). The quantitative estimate of drug-likeness (QED) is 0.673. The van der Waals surface area contributed by atoms with Gasteiger partial charge in [-0.25, -0.2) is 13.5 Å². The summed E-state index contributed by atoms with van der Waals surface area (Å²) in [7, 11) is -3.23. The molecule has 3 aromatic rings. The molecular weight excluding hydrogens is 370 g/mol. The van der Waals surface area contributed by atoms with E-state index in [2.05, 4.69) is 30.2 Å². The number of nitrogen functional groups attached to an aromatic ring is 1. The highest BCUT2D eigenvalue weighted by molar-refractivity contribution is 7.90. The monoisotopic (exact) mass is 389 g/mol. The minimum absolute atomic E-state index is 0.161. The molecule has 3 heterocycles. The molecule has 11 heteroatoms. The van der Waals surface area contributed by atoms with Gasteiger partial charge in [0.25, 0.3) is 0 Å². The number of aromatic amines is 1. The number of sulfone groups is 1. The average molecular weight is 389 g/mol. The predicted octanol–water partition coefficient (Wildman–Crippen LogP) is 1.22. The largest absolute Gasteiger partial charge is 0.368 e. The van der Waals surface area contributed by atoms with E-state index < -0.39 is 9.84 Å². The first-order chi connectivity index (χ1) is 12.9. The summed E-state index contributed by atoms with van der Waals surface area (Å²) in [5.41, 5.74) is 6.29. The summed E-state index contributed by atoms with van der Waals surface area (Å²) in [6.45, 7) is 1.53. The zero-order valence-electron chi connectivity index (χ0n) is 14.7. The lowest BCUT2D eigenvalue weighted by molar-refractivity contribution is 0.329. The summed E-state index contributed by atoms with van der Waals surface area (Å²) in [4.78, 5) is 11.0. The summed E-state index contributed by atoms with van der Waals surface area (Å²) in [6.07, 6.45) is 2.85. The molecule has 0 aliphatic carbocycles. The van der Waals surface area contributed by atoms with E-state index in [0.717, 1.165) is 25.9 Å². The third-order valence-electron chi connectivity index (χ3n) is 4.60. The average Bonchev–Trinajstić information content (AvgIpc) is 3.31. The smallest absolute Gasteiger partial charge is 0.246 e. The Labute approximate surface area is 155 Å². The van der Waals surface area contributed by atoms with Gasteiger partial charge >= 0.3 is 0 Å². The van der Waals surface area contributed by atoms with Crippen LogP contribution in [0.1, 0.15) is 24.7 Å². The second-order valence-corrected chi connectivity index (χ2v) is 8.55. The lowest BCUT2D eigenvalue weighted by Crippen LogP contribution is -2.33. The number of nitrogens with zero attached hydrogens (tertiary/aromatic N) is 5. The molecule has 0 spiro atoms. The summed E-state index contributed by atoms with van der Waals surface area (Å²) < 4.78 is 28.5. The molecular formula is C16H19N7O3S. The first-order valence-corrected chi connectivity index (χ1v) is 10.4. The van der Waals surface area contributed by atoms with Crippen LogP contribution < -0.4 is 10.6 Å². The maximum absolute atomic E-state index is 11.6. The number of H-pyrrole nitrogens is 1. The highest BCUT2D eigenvalue weighted by Gasteiger charge is 2.27. The second kappa shape index (κ2) is 6.65. The van der Waals surface area contributed by atoms with Gasteiger partial charge in [0.15, 0.2) is 9.84 Å². The second-order valence-electron chi connectivity index (χ2n) is 6.53. The van der Waals surface area contributed by atoms with Crippen molar-refractivity contribution >= 4 is 21.7 Å². The van der Waals surface area contributed by atoms with Crippen molar-refractivity contribution in [2.75, 3.05) is 30.0 Å². The molecule has 1 aromatic carbocycles. The van der Waals surface area contributed by atoms with Gasteiger partial charge in [-0.05, 0) is 37.1 Å². The van der Waals surface area contributed by atoms with Gasteiger partial charge in [-0.1, -0.05) is 5.16 Å². The van der Waals surface area contributed by atoms with E-state index in [1.807, 2.05) is 0 Å². The molecule has 27 heavy (non-hydrogen) atoms. The van der Waals surface area contributed by atoms with Gasteiger partial charge in [0.05, 0.1) is 4.90 Å². The van der Waals surface area contributed by atoms with Crippen LogP contribution in [0.2, 0.25) is 0 Å². The normalized spacial score (nSPS) is 16.0. The molecule has 0 unspecified atom stereocenters. The molecule has 1 saturated heterocycles. The predicted molar refractivity (Wildman–Crippen MR) is 97.8 cm³/mol. The minimum Gasteiger partial charge on any atom is -0.368 e. The molecule has 0 saturated carbocycles. The minimum atomic E-state index is -3.23. The van der Waals surface area contributed by atoms with Gasteiger partial charge in [-0.2, -0.15) is 9.97 Å². The van der Waals surface area contributed by atoms with Crippen LogP contribution in [0.3, 0.4) is 0 Å². The first kappa shape index (κ1) is 17.5. The van der Waals surface area contributed by atoms with Crippen LogP contribution in [0.25, 0.3) is 11.4 Å². The van der Waals surface area contributed by atoms with E-state index in [0.29, 0.717) is 29.2 Å². The molecule has 1 aliphatic rings. The fraction of sp³-hybridized carbons (Fsp3) is 0.375. The van der Waals surface area contributed by atoms with Crippen molar-refractivity contribution in [2.24, 2.45) is 0 Å². The number of hydrogen-bond donors (Lipinski definition) is 2. The van der Waals surface area contributed by atoms with E-state index in [4.69, 9.17) is 10.3 Å². The number of anilines is 2. The lowest BCUT2D eigenvalue weighted by atomic mass is 9.97. The van der Waals surface area contributed by atoms with Gasteiger partial charge < -0.3 is 15.2 Å². The molecule has 3 N–H and O–H groups in total. The topological polar surface area (TPSA) is 144 Å². The first-order valence-electron chi connectivity index (χ1n) is 8.47. The van der Waals surface area contributed by atoms with Gasteiger partial charge in [0.1, 0.15) is 0 Å². The van der Waals surface area contributed by atoms with Crippen molar-refractivity contribution in [1.29, 1.82) is 0 Å². The number of piperidine rings is 1. The van der Waals surface area contributed by atoms with Crippen molar-refractivity contribution in [3.8, 4) is 11.4 Å². The van der Waals surface area contributed by atoms with Crippen molar-refractivity contribution in [3.05, 3.63) is 30.2 Å². The highest BCUT2D eigenvalue weighted by atomic mass is 32.2. The summed E-state index contributed by atoms with van der Waals surface area (Å²) in [6, 6.07) is 6.45. The van der Waals surface area contributed by atoms with Crippen LogP contribution >= 0.6 is 0 Å². The lowest BCUT2D eigenvalue weighted by Gasteiger charge is -2.29. The van der Waals surface area contributed by atoms with E-state index >= 15 is 0 Å². The molecule has 0 bridgehead atoms. The Morgan fingerprint density at radius 1 is 1.19 bits per heavy atom. The standard InChI is InChI=1S/C16H19N7O3S/c1-27(24,25)12-4-2-10(3-5-12)13-18-14(26-22-13)11-6-8-23(9-7-11)16-19-15(17)20-21-16/h2-5,11H,6-9H2,1H3,(H3,17,19,20,21). The summed E-state index contributed by atoms with van der Waals surface area (Å²) in [5, 5.41) is 10.8. The highest BCUT2D eigenvalue weighted by Crippen LogP contribution is 2.30. The molecule has 1 aliphatic heterocycles. The van der Waals surface area contributed by atoms with Crippen LogP contribution in [0.4, 0.5) is 11.9 Å². The molecule has 142 valence electrons. The van der Waals surface area contributed by atoms with Gasteiger partial charge in [0.2, 0.25) is 23.6 Å². The van der Waals surface area contributed by atoms with Gasteiger partial charge in [-0.3, -0.25) is 0 Å². The van der Waals surface area contributed by atoms with Crippen LogP contribution in [0.15, 0.2) is 33.7 Å².